The Morgan fingerprint density at radius 2 is 1.79 bits per heavy atom. The highest BCUT2D eigenvalue weighted by atomic mass is 16.7. The summed E-state index contributed by atoms with van der Waals surface area (Å²) in [6.07, 6.45) is 1.16. The molecule has 0 aromatic heterocycles. The summed E-state index contributed by atoms with van der Waals surface area (Å²) in [4.78, 5) is 0. The van der Waals surface area contributed by atoms with E-state index in [9.17, 15) is 0 Å². The van der Waals surface area contributed by atoms with Gasteiger partial charge in [0.05, 0.1) is 19.3 Å². The minimum Gasteiger partial charge on any atom is -0.371 e. The second-order valence-corrected chi connectivity index (χ2v) is 7.61. The number of rotatable bonds is 4. The first kappa shape index (κ1) is 14.6. The molecule has 4 aliphatic rings. The normalized spacial score (nSPS) is 35.9. The van der Waals surface area contributed by atoms with Gasteiger partial charge in [0.25, 0.3) is 0 Å². The molecule has 1 aliphatic carbocycles. The van der Waals surface area contributed by atoms with Crippen LogP contribution >= 0.6 is 0 Å². The second kappa shape index (κ2) is 5.16. The fraction of sp³-hybridized carbons (Fsp3) is 0.429. The summed E-state index contributed by atoms with van der Waals surface area (Å²) in [6, 6.07) is 18.9. The van der Waals surface area contributed by atoms with Crippen molar-refractivity contribution in [2.24, 2.45) is 5.41 Å². The zero-order valence-electron chi connectivity index (χ0n) is 13.9. The van der Waals surface area contributed by atoms with Crippen molar-refractivity contribution in [1.82, 2.24) is 0 Å². The molecule has 0 amide bonds. The molecule has 3 nitrogen and oxygen atoms in total. The SMILES string of the molecule is C[C@@]12CO[C@@]3(COCc4ccccc4)O[C@@H](C1)c1ccccc1[C@@H]23. The van der Waals surface area contributed by atoms with E-state index in [2.05, 4.69) is 43.3 Å². The zero-order chi connectivity index (χ0) is 16.2. The topological polar surface area (TPSA) is 27.7 Å². The Labute approximate surface area is 142 Å². The molecule has 4 atom stereocenters. The van der Waals surface area contributed by atoms with Crippen LogP contribution in [0.5, 0.6) is 0 Å². The lowest BCUT2D eigenvalue weighted by atomic mass is 9.61. The first-order valence-corrected chi connectivity index (χ1v) is 8.73. The summed E-state index contributed by atoms with van der Waals surface area (Å²) in [5.41, 5.74) is 4.05. The highest BCUT2D eigenvalue weighted by molar-refractivity contribution is 5.42. The molecule has 2 fully saturated rings. The molecule has 0 unspecified atom stereocenters. The van der Waals surface area contributed by atoms with Gasteiger partial charge in [0.15, 0.2) is 5.79 Å². The predicted molar refractivity (Wildman–Crippen MR) is 90.5 cm³/mol. The molecule has 0 saturated carbocycles. The first-order chi connectivity index (χ1) is 11.7. The van der Waals surface area contributed by atoms with E-state index in [1.807, 2.05) is 18.2 Å². The van der Waals surface area contributed by atoms with Gasteiger partial charge in [0.2, 0.25) is 0 Å². The number of ether oxygens (including phenoxy) is 3. The van der Waals surface area contributed by atoms with Crippen molar-refractivity contribution in [2.75, 3.05) is 13.2 Å². The van der Waals surface area contributed by atoms with Gasteiger partial charge in [-0.15, -0.1) is 0 Å². The van der Waals surface area contributed by atoms with Gasteiger partial charge in [-0.1, -0.05) is 61.5 Å². The van der Waals surface area contributed by atoms with Crippen molar-refractivity contribution in [2.45, 2.75) is 37.8 Å². The molecule has 2 saturated heterocycles. The minimum absolute atomic E-state index is 0.124. The van der Waals surface area contributed by atoms with E-state index in [-0.39, 0.29) is 17.4 Å². The van der Waals surface area contributed by atoms with Gasteiger partial charge in [0, 0.05) is 11.3 Å². The maximum Gasteiger partial charge on any atom is 0.200 e. The first-order valence-electron chi connectivity index (χ1n) is 8.73. The van der Waals surface area contributed by atoms with Crippen LogP contribution in [0.3, 0.4) is 0 Å². The minimum atomic E-state index is -0.624. The number of hydrogen-bond donors (Lipinski definition) is 0. The molecular formula is C21H22O3. The molecule has 3 heterocycles. The molecule has 4 bridgehead atoms. The van der Waals surface area contributed by atoms with Crippen molar-refractivity contribution >= 4 is 0 Å². The highest BCUT2D eigenvalue weighted by Gasteiger charge is 2.66. The zero-order valence-corrected chi connectivity index (χ0v) is 13.9. The third-order valence-corrected chi connectivity index (χ3v) is 5.85. The van der Waals surface area contributed by atoms with E-state index < -0.39 is 5.79 Å². The van der Waals surface area contributed by atoms with Crippen LogP contribution in [-0.2, 0) is 20.8 Å². The fourth-order valence-corrected chi connectivity index (χ4v) is 4.87. The Kier molecular flexibility index (Phi) is 3.15. The Balaban J connectivity index is 1.42. The Morgan fingerprint density at radius 1 is 1.04 bits per heavy atom. The van der Waals surface area contributed by atoms with E-state index in [1.54, 1.807) is 0 Å². The molecule has 3 aliphatic heterocycles. The average molecular weight is 322 g/mol. The lowest BCUT2D eigenvalue weighted by Gasteiger charge is -2.52. The maximum absolute atomic E-state index is 6.45. The van der Waals surface area contributed by atoms with Gasteiger partial charge in [-0.25, -0.2) is 0 Å². The van der Waals surface area contributed by atoms with Crippen molar-refractivity contribution in [3.8, 4) is 0 Å². The van der Waals surface area contributed by atoms with Crippen LogP contribution in [0.25, 0.3) is 0 Å². The molecule has 2 aromatic carbocycles. The van der Waals surface area contributed by atoms with Gasteiger partial charge < -0.3 is 14.2 Å². The summed E-state index contributed by atoms with van der Waals surface area (Å²) in [7, 11) is 0. The van der Waals surface area contributed by atoms with Crippen LogP contribution in [0.4, 0.5) is 0 Å². The Bertz CT molecular complexity index is 759. The molecular weight excluding hydrogens is 300 g/mol. The summed E-state index contributed by atoms with van der Waals surface area (Å²) < 4.78 is 18.7. The van der Waals surface area contributed by atoms with E-state index >= 15 is 0 Å². The Morgan fingerprint density at radius 3 is 2.62 bits per heavy atom. The van der Waals surface area contributed by atoms with Crippen LogP contribution in [0.15, 0.2) is 54.6 Å². The number of benzene rings is 2. The summed E-state index contributed by atoms with van der Waals surface area (Å²) in [6.45, 7) is 4.15. The van der Waals surface area contributed by atoms with E-state index in [0.29, 0.717) is 13.2 Å². The largest absolute Gasteiger partial charge is 0.371 e. The highest BCUT2D eigenvalue weighted by Crippen LogP contribution is 2.66. The fourth-order valence-electron chi connectivity index (χ4n) is 4.87. The van der Waals surface area contributed by atoms with Gasteiger partial charge in [-0.3, -0.25) is 0 Å². The quantitative estimate of drug-likeness (QED) is 0.844. The summed E-state index contributed by atoms with van der Waals surface area (Å²) in [5.74, 6) is -0.372. The van der Waals surface area contributed by atoms with Gasteiger partial charge >= 0.3 is 0 Å². The van der Waals surface area contributed by atoms with Crippen molar-refractivity contribution in [3.63, 3.8) is 0 Å². The third-order valence-electron chi connectivity index (χ3n) is 5.85. The van der Waals surface area contributed by atoms with Crippen LogP contribution < -0.4 is 0 Å². The molecule has 3 heteroatoms. The van der Waals surface area contributed by atoms with Crippen molar-refractivity contribution in [3.05, 3.63) is 71.3 Å². The van der Waals surface area contributed by atoms with Crippen molar-refractivity contribution in [1.29, 1.82) is 0 Å². The van der Waals surface area contributed by atoms with Gasteiger partial charge in [-0.05, 0) is 23.1 Å². The monoisotopic (exact) mass is 322 g/mol. The maximum atomic E-state index is 6.45. The molecule has 0 spiro atoms. The lowest BCUT2D eigenvalue weighted by molar-refractivity contribution is -0.287. The van der Waals surface area contributed by atoms with E-state index in [0.717, 1.165) is 13.0 Å². The predicted octanol–water partition coefficient (Wildman–Crippen LogP) is 4.19. The lowest BCUT2D eigenvalue weighted by Crippen LogP contribution is -2.53. The van der Waals surface area contributed by atoms with E-state index in [4.69, 9.17) is 14.2 Å². The molecule has 0 radical (unpaired) electrons. The van der Waals surface area contributed by atoms with Crippen molar-refractivity contribution < 1.29 is 14.2 Å². The van der Waals surface area contributed by atoms with Crippen LogP contribution in [0.1, 0.15) is 42.1 Å². The molecule has 6 rings (SSSR count). The van der Waals surface area contributed by atoms with Crippen LogP contribution in [0.2, 0.25) is 0 Å². The molecule has 124 valence electrons. The van der Waals surface area contributed by atoms with Crippen LogP contribution in [0, 0.1) is 5.41 Å². The van der Waals surface area contributed by atoms with Crippen LogP contribution in [-0.4, -0.2) is 19.0 Å². The molecule has 24 heavy (non-hydrogen) atoms. The molecule has 0 N–H and O–H groups in total. The smallest absolute Gasteiger partial charge is 0.200 e. The summed E-state index contributed by atoms with van der Waals surface area (Å²) in [5, 5.41) is 0. The Hall–Kier alpha value is -1.68. The summed E-state index contributed by atoms with van der Waals surface area (Å²) >= 11 is 0. The van der Waals surface area contributed by atoms with Gasteiger partial charge in [0.1, 0.15) is 6.61 Å². The van der Waals surface area contributed by atoms with E-state index in [1.165, 1.54) is 16.7 Å². The van der Waals surface area contributed by atoms with Gasteiger partial charge in [-0.2, -0.15) is 0 Å². The number of hydrogen-bond acceptors (Lipinski definition) is 3. The third kappa shape index (κ3) is 2.02. The average Bonchev–Trinajstić information content (AvgIpc) is 2.82. The standard InChI is InChI=1S/C21H22O3/c1-20-11-18-16-9-5-6-10-17(16)19(20)21(24-18,23-13-20)14-22-12-15-7-3-2-4-8-15/h2-10,18-19H,11-14H2,1H3/t18-,19-,20-,21-/m0/s1. The second-order valence-electron chi connectivity index (χ2n) is 7.61. The molecule has 2 aromatic rings.